The Kier molecular flexibility index (Phi) is 7.31. The van der Waals surface area contributed by atoms with E-state index < -0.39 is 11.5 Å². The van der Waals surface area contributed by atoms with E-state index in [4.69, 9.17) is 25.8 Å². The normalized spacial score (nSPS) is 14.2. The molecule has 34 heavy (non-hydrogen) atoms. The van der Waals surface area contributed by atoms with Crippen molar-refractivity contribution in [3.63, 3.8) is 0 Å². The van der Waals surface area contributed by atoms with E-state index in [-0.39, 0.29) is 11.4 Å². The average molecular weight is 487 g/mol. The smallest absolute Gasteiger partial charge is 0.235 e. The van der Waals surface area contributed by atoms with Gasteiger partial charge in [-0.2, -0.15) is 0 Å². The van der Waals surface area contributed by atoms with E-state index in [0.717, 1.165) is 13.1 Å². The fourth-order valence-corrected chi connectivity index (χ4v) is 4.25. The number of benzene rings is 2. The van der Waals surface area contributed by atoms with E-state index in [9.17, 15) is 15.0 Å². The molecule has 180 valence electrons. The van der Waals surface area contributed by atoms with Gasteiger partial charge in [0.15, 0.2) is 23.0 Å². The SMILES string of the molecule is COc1ccc(-c2c(C(=O)c3ccc(Cl)cc3)c(O)c(O)n2CCN2CCOCC2)cc1OC. The molecule has 3 aromatic rings. The minimum atomic E-state index is -0.466. The second-order valence-corrected chi connectivity index (χ2v) is 8.34. The lowest BCUT2D eigenvalue weighted by molar-refractivity contribution is 0.0362. The summed E-state index contributed by atoms with van der Waals surface area (Å²) in [6.45, 7) is 3.81. The molecule has 4 rings (SSSR count). The number of aromatic hydroxyl groups is 2. The summed E-state index contributed by atoms with van der Waals surface area (Å²) in [5.74, 6) is -0.275. The Hall–Kier alpha value is -3.20. The molecule has 1 fully saturated rings. The topological polar surface area (TPSA) is 93.4 Å². The number of rotatable bonds is 8. The van der Waals surface area contributed by atoms with Gasteiger partial charge in [-0.15, -0.1) is 0 Å². The first kappa shape index (κ1) is 23.9. The van der Waals surface area contributed by atoms with Crippen LogP contribution in [0.4, 0.5) is 0 Å². The number of hydrogen-bond donors (Lipinski definition) is 2. The van der Waals surface area contributed by atoms with Gasteiger partial charge in [0, 0.05) is 42.3 Å². The summed E-state index contributed by atoms with van der Waals surface area (Å²) in [5, 5.41) is 22.3. The first-order chi connectivity index (χ1) is 16.4. The maximum absolute atomic E-state index is 13.5. The summed E-state index contributed by atoms with van der Waals surface area (Å²) in [5.41, 5.74) is 1.33. The van der Waals surface area contributed by atoms with E-state index in [2.05, 4.69) is 4.90 Å². The van der Waals surface area contributed by atoms with Gasteiger partial charge >= 0.3 is 0 Å². The summed E-state index contributed by atoms with van der Waals surface area (Å²) in [7, 11) is 3.06. The van der Waals surface area contributed by atoms with E-state index in [1.165, 1.54) is 14.2 Å². The molecule has 0 aliphatic carbocycles. The van der Waals surface area contributed by atoms with E-state index >= 15 is 0 Å². The molecule has 1 aromatic heterocycles. The lowest BCUT2D eigenvalue weighted by atomic mass is 9.99. The van der Waals surface area contributed by atoms with Crippen LogP contribution < -0.4 is 9.47 Å². The van der Waals surface area contributed by atoms with Gasteiger partial charge in [0.25, 0.3) is 0 Å². The van der Waals surface area contributed by atoms with Crippen LogP contribution in [0.15, 0.2) is 42.5 Å². The number of morpholine rings is 1. The zero-order valence-electron chi connectivity index (χ0n) is 19.1. The van der Waals surface area contributed by atoms with Crippen LogP contribution in [0.5, 0.6) is 23.1 Å². The van der Waals surface area contributed by atoms with Gasteiger partial charge < -0.3 is 29.0 Å². The van der Waals surface area contributed by atoms with Crippen LogP contribution in [0, 0.1) is 0 Å². The number of carbonyl (C=O) groups excluding carboxylic acids is 1. The van der Waals surface area contributed by atoms with Crippen LogP contribution in [-0.4, -0.2) is 72.5 Å². The lowest BCUT2D eigenvalue weighted by Gasteiger charge is -2.27. The molecule has 9 heteroatoms. The Morgan fingerprint density at radius 3 is 2.32 bits per heavy atom. The number of hydrogen-bond acceptors (Lipinski definition) is 7. The summed E-state index contributed by atoms with van der Waals surface area (Å²) >= 11 is 5.98. The van der Waals surface area contributed by atoms with Crippen LogP contribution in [0.2, 0.25) is 5.02 Å². The number of methoxy groups -OCH3 is 2. The fourth-order valence-electron chi connectivity index (χ4n) is 4.12. The monoisotopic (exact) mass is 486 g/mol. The van der Waals surface area contributed by atoms with Crippen molar-refractivity contribution in [3.05, 3.63) is 58.6 Å². The van der Waals surface area contributed by atoms with Gasteiger partial charge in [0.1, 0.15) is 0 Å². The van der Waals surface area contributed by atoms with Crippen molar-refractivity contribution in [3.8, 4) is 34.4 Å². The molecule has 2 heterocycles. The maximum Gasteiger partial charge on any atom is 0.235 e. The average Bonchev–Trinajstić information content (AvgIpc) is 3.12. The Labute approximate surface area is 202 Å². The first-order valence-corrected chi connectivity index (χ1v) is 11.3. The number of nitrogens with zero attached hydrogens (tertiary/aromatic N) is 2. The molecule has 0 bridgehead atoms. The molecule has 1 saturated heterocycles. The van der Waals surface area contributed by atoms with Crippen LogP contribution >= 0.6 is 11.6 Å². The summed E-state index contributed by atoms with van der Waals surface area (Å²) in [6.07, 6.45) is 0. The molecule has 1 aliphatic heterocycles. The molecule has 8 nitrogen and oxygen atoms in total. The minimum absolute atomic E-state index is 0.00835. The fraction of sp³-hybridized carbons (Fsp3) is 0.320. The number of ketones is 1. The maximum atomic E-state index is 13.5. The van der Waals surface area contributed by atoms with E-state index in [1.807, 2.05) is 0 Å². The second-order valence-electron chi connectivity index (χ2n) is 7.91. The standard InChI is InChI=1S/C25H27ClN2O6/c1-32-19-8-5-17(15-20(19)33-2)22-21(23(29)16-3-6-18(26)7-4-16)24(30)25(31)28(22)10-9-27-11-13-34-14-12-27/h3-8,15,30-31H,9-14H2,1-2H3. The van der Waals surface area contributed by atoms with Crippen molar-refractivity contribution >= 4 is 17.4 Å². The highest BCUT2D eigenvalue weighted by Crippen LogP contribution is 2.44. The third-order valence-corrected chi connectivity index (χ3v) is 6.20. The summed E-state index contributed by atoms with van der Waals surface area (Å²) in [6, 6.07) is 11.6. The summed E-state index contributed by atoms with van der Waals surface area (Å²) in [4.78, 5) is 15.7. The zero-order chi connectivity index (χ0) is 24.2. The van der Waals surface area contributed by atoms with E-state index in [0.29, 0.717) is 59.6 Å². The van der Waals surface area contributed by atoms with Gasteiger partial charge in [0.05, 0.1) is 38.7 Å². The van der Waals surface area contributed by atoms with Gasteiger partial charge in [-0.1, -0.05) is 11.6 Å². The molecule has 0 atom stereocenters. The Bertz CT molecular complexity index is 1170. The van der Waals surface area contributed by atoms with Crippen molar-refractivity contribution in [1.82, 2.24) is 9.47 Å². The molecular weight excluding hydrogens is 460 g/mol. The van der Waals surface area contributed by atoms with Crippen LogP contribution in [0.3, 0.4) is 0 Å². The van der Waals surface area contributed by atoms with E-state index in [1.54, 1.807) is 47.0 Å². The molecule has 0 spiro atoms. The number of halogens is 1. The van der Waals surface area contributed by atoms with Crippen LogP contribution in [0.1, 0.15) is 15.9 Å². The largest absolute Gasteiger partial charge is 0.503 e. The highest BCUT2D eigenvalue weighted by molar-refractivity contribution is 6.30. The number of carbonyl (C=O) groups is 1. The van der Waals surface area contributed by atoms with Crippen molar-refractivity contribution in [1.29, 1.82) is 0 Å². The predicted octanol–water partition coefficient (Wildman–Crippen LogP) is 3.80. The zero-order valence-corrected chi connectivity index (χ0v) is 19.8. The van der Waals surface area contributed by atoms with Gasteiger partial charge in [-0.05, 0) is 42.5 Å². The van der Waals surface area contributed by atoms with Crippen molar-refractivity contribution in [2.24, 2.45) is 0 Å². The third-order valence-electron chi connectivity index (χ3n) is 5.94. The minimum Gasteiger partial charge on any atom is -0.503 e. The third kappa shape index (κ3) is 4.70. The molecule has 2 N–H and O–H groups in total. The van der Waals surface area contributed by atoms with Gasteiger partial charge in [0.2, 0.25) is 5.88 Å². The second kappa shape index (κ2) is 10.4. The molecule has 0 amide bonds. The lowest BCUT2D eigenvalue weighted by Crippen LogP contribution is -2.38. The molecule has 0 saturated carbocycles. The van der Waals surface area contributed by atoms with Gasteiger partial charge in [-0.25, -0.2) is 0 Å². The summed E-state index contributed by atoms with van der Waals surface area (Å²) < 4.78 is 17.8. The quantitative estimate of drug-likeness (QED) is 0.468. The Balaban J connectivity index is 1.83. The molecule has 0 unspecified atom stereocenters. The van der Waals surface area contributed by atoms with Crippen LogP contribution in [-0.2, 0) is 11.3 Å². The van der Waals surface area contributed by atoms with Crippen molar-refractivity contribution < 1.29 is 29.2 Å². The van der Waals surface area contributed by atoms with Crippen molar-refractivity contribution in [2.75, 3.05) is 47.1 Å². The van der Waals surface area contributed by atoms with Gasteiger partial charge in [-0.3, -0.25) is 9.69 Å². The molecular formula is C25H27ClN2O6. The molecule has 1 aliphatic rings. The van der Waals surface area contributed by atoms with Crippen LogP contribution in [0.25, 0.3) is 11.3 Å². The number of aromatic nitrogens is 1. The van der Waals surface area contributed by atoms with Crippen molar-refractivity contribution in [2.45, 2.75) is 6.54 Å². The highest BCUT2D eigenvalue weighted by Gasteiger charge is 2.30. The predicted molar refractivity (Wildman–Crippen MR) is 128 cm³/mol. The molecule has 0 radical (unpaired) electrons. The Morgan fingerprint density at radius 2 is 1.68 bits per heavy atom. The Morgan fingerprint density at radius 1 is 1.00 bits per heavy atom. The number of ether oxygens (including phenoxy) is 3. The highest BCUT2D eigenvalue weighted by atomic mass is 35.5. The molecule has 2 aromatic carbocycles. The first-order valence-electron chi connectivity index (χ1n) is 10.9.